The van der Waals surface area contributed by atoms with E-state index in [9.17, 15) is 0 Å². The molecule has 9 aromatic rings. The largest absolute Gasteiger partial charge is 0.337 e. The summed E-state index contributed by atoms with van der Waals surface area (Å²) in [5.74, 6) is 0. The fraction of sp³-hybridized carbons (Fsp3) is 0.0526. The van der Waals surface area contributed by atoms with Crippen LogP contribution in [0.2, 0.25) is 0 Å². The molecule has 9 aromatic carbocycles. The van der Waals surface area contributed by atoms with Crippen LogP contribution in [0.4, 0.5) is 0 Å². The van der Waals surface area contributed by atoms with E-state index >= 15 is 0 Å². The molecular formula is C57H45O3P. The van der Waals surface area contributed by atoms with Crippen molar-refractivity contribution in [3.8, 4) is 0 Å². The molecule has 0 aliphatic carbocycles. The number of rotatable bonds is 15. The van der Waals surface area contributed by atoms with Gasteiger partial charge in [-0.1, -0.05) is 273 Å². The van der Waals surface area contributed by atoms with Crippen LogP contribution in [0.3, 0.4) is 0 Å². The Morgan fingerprint density at radius 2 is 0.295 bits per heavy atom. The van der Waals surface area contributed by atoms with E-state index in [4.69, 9.17) is 13.6 Å². The average Bonchev–Trinajstić information content (AvgIpc) is 3.36. The first-order valence-corrected chi connectivity index (χ1v) is 21.7. The monoisotopic (exact) mass is 808 g/mol. The molecule has 0 saturated heterocycles. The molecule has 0 aliphatic rings. The van der Waals surface area contributed by atoms with Gasteiger partial charge in [-0.3, -0.25) is 13.6 Å². The lowest BCUT2D eigenvalue weighted by Crippen LogP contribution is -2.38. The third-order valence-corrected chi connectivity index (χ3v) is 12.5. The minimum absolute atomic E-state index is 0.932. The molecule has 296 valence electrons. The highest BCUT2D eigenvalue weighted by Crippen LogP contribution is 2.63. The lowest BCUT2D eigenvalue weighted by atomic mass is 9.80. The molecule has 0 saturated carbocycles. The normalized spacial score (nSPS) is 12.0. The first-order valence-electron chi connectivity index (χ1n) is 20.6. The van der Waals surface area contributed by atoms with Gasteiger partial charge < -0.3 is 0 Å². The summed E-state index contributed by atoms with van der Waals surface area (Å²) in [6.45, 7) is 0. The molecule has 61 heavy (non-hydrogen) atoms. The van der Waals surface area contributed by atoms with E-state index in [1.807, 2.05) is 54.6 Å². The lowest BCUT2D eigenvalue weighted by molar-refractivity contribution is 0.0187. The summed E-state index contributed by atoms with van der Waals surface area (Å²) in [7, 11) is -2.44. The Balaban J connectivity index is 1.39. The van der Waals surface area contributed by atoms with Crippen LogP contribution >= 0.6 is 8.60 Å². The minimum Gasteiger partial charge on any atom is -0.291 e. The van der Waals surface area contributed by atoms with E-state index in [1.165, 1.54) is 0 Å². The van der Waals surface area contributed by atoms with E-state index < -0.39 is 25.4 Å². The molecule has 3 nitrogen and oxygen atoms in total. The van der Waals surface area contributed by atoms with Gasteiger partial charge >= 0.3 is 8.60 Å². The van der Waals surface area contributed by atoms with Crippen molar-refractivity contribution in [2.45, 2.75) is 16.8 Å². The smallest absolute Gasteiger partial charge is 0.291 e. The van der Waals surface area contributed by atoms with Gasteiger partial charge in [-0.2, -0.15) is 0 Å². The molecule has 9 rings (SSSR count). The van der Waals surface area contributed by atoms with Gasteiger partial charge in [0.1, 0.15) is 0 Å². The van der Waals surface area contributed by atoms with Gasteiger partial charge in [-0.25, -0.2) is 0 Å². The van der Waals surface area contributed by atoms with Crippen molar-refractivity contribution in [2.75, 3.05) is 0 Å². The van der Waals surface area contributed by atoms with Crippen molar-refractivity contribution in [3.05, 3.63) is 323 Å². The molecule has 0 radical (unpaired) electrons. The molecule has 0 spiro atoms. The zero-order valence-electron chi connectivity index (χ0n) is 33.7. The zero-order chi connectivity index (χ0) is 41.2. The second kappa shape index (κ2) is 18.3. The zero-order valence-corrected chi connectivity index (χ0v) is 34.5. The van der Waals surface area contributed by atoms with E-state index in [1.54, 1.807) is 0 Å². The van der Waals surface area contributed by atoms with Crippen LogP contribution in [-0.4, -0.2) is 0 Å². The van der Waals surface area contributed by atoms with Gasteiger partial charge in [-0.05, 0) is 50.1 Å². The summed E-state index contributed by atoms with van der Waals surface area (Å²) >= 11 is 0. The third-order valence-electron chi connectivity index (χ3n) is 11.3. The lowest BCUT2D eigenvalue weighted by Gasteiger charge is -2.45. The van der Waals surface area contributed by atoms with Crippen LogP contribution < -0.4 is 0 Å². The van der Waals surface area contributed by atoms with Crippen molar-refractivity contribution >= 4 is 8.60 Å². The Morgan fingerprint density at radius 1 is 0.180 bits per heavy atom. The SMILES string of the molecule is c1ccc(C(OP(OC(c2ccccc2)(c2ccccc2)c2ccccc2)OC(c2ccccc2)(c2ccccc2)c2ccccc2)(c2ccccc2)c2ccccc2)cc1. The molecule has 0 N–H and O–H groups in total. The van der Waals surface area contributed by atoms with Crippen molar-refractivity contribution in [1.82, 2.24) is 0 Å². The van der Waals surface area contributed by atoms with Crippen molar-refractivity contribution in [2.24, 2.45) is 0 Å². The van der Waals surface area contributed by atoms with Gasteiger partial charge in [0.25, 0.3) is 0 Å². The Kier molecular flexibility index (Phi) is 11.9. The molecule has 0 unspecified atom stereocenters. The predicted molar refractivity (Wildman–Crippen MR) is 248 cm³/mol. The quantitative estimate of drug-likeness (QED) is 0.0763. The fourth-order valence-corrected chi connectivity index (χ4v) is 10.2. The van der Waals surface area contributed by atoms with E-state index in [-0.39, 0.29) is 0 Å². The maximum Gasteiger partial charge on any atom is 0.337 e. The van der Waals surface area contributed by atoms with Crippen molar-refractivity contribution in [1.29, 1.82) is 0 Å². The van der Waals surface area contributed by atoms with Crippen LogP contribution in [0.25, 0.3) is 0 Å². The number of hydrogen-bond acceptors (Lipinski definition) is 3. The van der Waals surface area contributed by atoms with Crippen LogP contribution in [-0.2, 0) is 30.4 Å². The molecule has 0 amide bonds. The Bertz CT molecular complexity index is 2090. The van der Waals surface area contributed by atoms with Crippen molar-refractivity contribution in [3.63, 3.8) is 0 Å². The van der Waals surface area contributed by atoms with Crippen LogP contribution in [0, 0.1) is 0 Å². The highest BCUT2D eigenvalue weighted by molar-refractivity contribution is 7.41. The average molecular weight is 809 g/mol. The van der Waals surface area contributed by atoms with Crippen molar-refractivity contribution < 1.29 is 13.6 Å². The third kappa shape index (κ3) is 7.77. The molecular weight excluding hydrogens is 764 g/mol. The summed E-state index contributed by atoms with van der Waals surface area (Å²) in [6.07, 6.45) is 0. The summed E-state index contributed by atoms with van der Waals surface area (Å²) in [6, 6.07) is 93.8. The van der Waals surface area contributed by atoms with Gasteiger partial charge in [0, 0.05) is 0 Å². The number of hydrogen-bond donors (Lipinski definition) is 0. The van der Waals surface area contributed by atoms with Crippen LogP contribution in [0.1, 0.15) is 50.1 Å². The van der Waals surface area contributed by atoms with Gasteiger partial charge in [0.05, 0.1) is 0 Å². The standard InChI is InChI=1S/C57H45O3P/c1-10-28-46(29-11-1)55(47-30-12-2-13-31-47,48-32-14-3-15-33-48)58-61(59-56(49-34-16-4-17-35-49,50-36-18-5-19-37-50)51-38-20-6-21-39-51)60-57(52-40-22-7-23-41-52,53-42-24-8-25-43-53)54-44-26-9-27-45-54/h1-45H. The summed E-state index contributed by atoms with van der Waals surface area (Å²) < 4.78 is 24.2. The molecule has 0 aliphatic heterocycles. The summed E-state index contributed by atoms with van der Waals surface area (Å²) in [5.41, 5.74) is 4.77. The fourth-order valence-electron chi connectivity index (χ4n) is 8.42. The second-order valence-corrected chi connectivity index (χ2v) is 15.8. The van der Waals surface area contributed by atoms with E-state index in [2.05, 4.69) is 218 Å². The number of benzene rings is 9. The Labute approximate surface area is 360 Å². The van der Waals surface area contributed by atoms with E-state index in [0.717, 1.165) is 50.1 Å². The van der Waals surface area contributed by atoms with Gasteiger partial charge in [0.2, 0.25) is 0 Å². The molecule has 0 fully saturated rings. The Hall–Kier alpha value is -6.71. The molecule has 0 aromatic heterocycles. The van der Waals surface area contributed by atoms with E-state index in [0.29, 0.717) is 0 Å². The van der Waals surface area contributed by atoms with Crippen LogP contribution in [0.5, 0.6) is 0 Å². The van der Waals surface area contributed by atoms with Crippen LogP contribution in [0.15, 0.2) is 273 Å². The van der Waals surface area contributed by atoms with Gasteiger partial charge in [0.15, 0.2) is 16.8 Å². The Morgan fingerprint density at radius 3 is 0.410 bits per heavy atom. The maximum absolute atomic E-state index is 8.06. The second-order valence-electron chi connectivity index (χ2n) is 14.8. The highest BCUT2D eigenvalue weighted by atomic mass is 31.2. The first kappa shape index (κ1) is 39.7. The molecule has 0 heterocycles. The minimum atomic E-state index is -2.44. The molecule has 0 bridgehead atoms. The molecule has 4 heteroatoms. The maximum atomic E-state index is 8.06. The summed E-state index contributed by atoms with van der Waals surface area (Å²) in [5, 5.41) is 0. The predicted octanol–water partition coefficient (Wildman–Crippen LogP) is 14.2. The highest BCUT2D eigenvalue weighted by Gasteiger charge is 2.51. The topological polar surface area (TPSA) is 27.7 Å². The van der Waals surface area contributed by atoms with Gasteiger partial charge in [-0.15, -0.1) is 0 Å². The first-order chi connectivity index (χ1) is 30.2. The summed E-state index contributed by atoms with van der Waals surface area (Å²) in [4.78, 5) is 0. The molecule has 0 atom stereocenters.